The molecule has 1 aromatic carbocycles. The van der Waals surface area contributed by atoms with Gasteiger partial charge in [0.05, 0.1) is 18.9 Å². The Labute approximate surface area is 200 Å². The molecule has 5 heteroatoms. The van der Waals surface area contributed by atoms with Gasteiger partial charge in [-0.25, -0.2) is 9.37 Å². The van der Waals surface area contributed by atoms with Gasteiger partial charge in [0.25, 0.3) is 5.70 Å². The molecule has 1 aliphatic carbocycles. The van der Waals surface area contributed by atoms with Crippen molar-refractivity contribution in [1.29, 1.82) is 0 Å². The number of allylic oxidation sites excluding steroid dienone is 1. The lowest BCUT2D eigenvalue weighted by Crippen LogP contribution is -2.22. The zero-order chi connectivity index (χ0) is 23.9. The molecule has 178 valence electrons. The van der Waals surface area contributed by atoms with Gasteiger partial charge in [-0.15, -0.1) is 0 Å². The first kappa shape index (κ1) is 24.3. The summed E-state index contributed by atoms with van der Waals surface area (Å²) in [6.45, 7) is 0.396. The molecule has 2 nitrogen and oxygen atoms in total. The van der Waals surface area contributed by atoms with Crippen molar-refractivity contribution in [3.05, 3.63) is 58.9 Å². The van der Waals surface area contributed by atoms with Gasteiger partial charge in [-0.1, -0.05) is 30.9 Å². The van der Waals surface area contributed by atoms with E-state index in [1.807, 2.05) is 36.5 Å². The number of pyridine rings is 1. The lowest BCUT2D eigenvalue weighted by Gasteiger charge is -2.15. The van der Waals surface area contributed by atoms with Gasteiger partial charge in [0.2, 0.25) is 5.69 Å². The Morgan fingerprint density at radius 3 is 2.47 bits per heavy atom. The zero-order valence-corrected chi connectivity index (χ0v) is 19.8. The molecule has 1 fully saturated rings. The second kappa shape index (κ2) is 11.5. The molecule has 2 aliphatic rings. The number of benzene rings is 1. The van der Waals surface area contributed by atoms with E-state index in [4.69, 9.17) is 4.98 Å². The van der Waals surface area contributed by atoms with Gasteiger partial charge in [-0.3, -0.25) is 8.78 Å². The van der Waals surface area contributed by atoms with Crippen LogP contribution in [0.1, 0.15) is 74.3 Å². The topological polar surface area (TPSA) is 15.9 Å². The van der Waals surface area contributed by atoms with Crippen LogP contribution in [0.25, 0.3) is 11.3 Å². The summed E-state index contributed by atoms with van der Waals surface area (Å²) < 4.78 is 41.3. The van der Waals surface area contributed by atoms with Crippen LogP contribution in [0.15, 0.2) is 36.5 Å². The Balaban J connectivity index is 1.70. The maximum Gasteiger partial charge on any atom is 0.253 e. The van der Waals surface area contributed by atoms with Crippen LogP contribution in [0.4, 0.5) is 18.9 Å². The normalized spacial score (nSPS) is 14.9. The highest BCUT2D eigenvalue weighted by atomic mass is 19.1. The molecule has 0 unspecified atom stereocenters. The van der Waals surface area contributed by atoms with Crippen LogP contribution in [0.5, 0.6) is 0 Å². The number of aryl methyl sites for hydroxylation is 1. The average molecular weight is 466 g/mol. The van der Waals surface area contributed by atoms with Crippen molar-refractivity contribution in [2.45, 2.75) is 65.0 Å². The van der Waals surface area contributed by atoms with E-state index in [2.05, 4.69) is 23.3 Å². The van der Waals surface area contributed by atoms with Crippen LogP contribution < -0.4 is 0 Å². The highest BCUT2D eigenvalue weighted by molar-refractivity contribution is 6.04. The third-order valence-electron chi connectivity index (χ3n) is 6.60. The molecule has 0 atom stereocenters. The summed E-state index contributed by atoms with van der Waals surface area (Å²) in [7, 11) is 0. The first-order chi connectivity index (χ1) is 16.7. The van der Waals surface area contributed by atoms with E-state index >= 15 is 0 Å². The van der Waals surface area contributed by atoms with Crippen LogP contribution in [0.2, 0.25) is 0 Å². The predicted molar refractivity (Wildman–Crippen MR) is 132 cm³/mol. The number of alkyl halides is 3. The monoisotopic (exact) mass is 465 g/mol. The summed E-state index contributed by atoms with van der Waals surface area (Å²) in [6.07, 6.45) is 8.86. The molecular weight excluding hydrogens is 433 g/mol. The molecule has 0 saturated heterocycles. The van der Waals surface area contributed by atoms with Crippen molar-refractivity contribution in [2.24, 2.45) is 5.92 Å². The average Bonchev–Trinajstić information content (AvgIpc) is 3.14. The van der Waals surface area contributed by atoms with E-state index in [0.29, 0.717) is 12.0 Å². The Bertz CT molecular complexity index is 1130. The molecule has 1 aliphatic heterocycles. The van der Waals surface area contributed by atoms with Crippen molar-refractivity contribution >= 4 is 22.7 Å². The summed E-state index contributed by atoms with van der Waals surface area (Å²) in [5.41, 5.74) is 7.82. The molecule has 0 radical (unpaired) electrons. The van der Waals surface area contributed by atoms with Crippen LogP contribution in [-0.4, -0.2) is 28.6 Å². The number of fused-ring (bicyclic) bond motifs is 1. The standard InChI is InChI=1S/C29H32F3N2/c1-2-3-4-11-26-25-14-12-22(17-30)16-28(25)34(24-9-6-10-24)29(26)27-15-13-21(20-33-27)7-5-8-23(18-31)19-32/h12-16,20,23H,2-3,5-10,17-19H2,1H3/q+1. The number of hydrogen-bond acceptors (Lipinski definition) is 1. The minimum absolute atomic E-state index is 0.499. The number of halogens is 3. The van der Waals surface area contributed by atoms with E-state index in [-0.39, 0.29) is 0 Å². The third-order valence-corrected chi connectivity index (χ3v) is 6.60. The van der Waals surface area contributed by atoms with Crippen LogP contribution >= 0.6 is 0 Å². The van der Waals surface area contributed by atoms with Crippen LogP contribution in [0, 0.1) is 17.8 Å². The molecule has 2 heterocycles. The van der Waals surface area contributed by atoms with Gasteiger partial charge in [0.15, 0.2) is 5.71 Å². The second-order valence-electron chi connectivity index (χ2n) is 9.13. The fourth-order valence-corrected chi connectivity index (χ4v) is 4.45. The molecular formula is C29H32F3N2+. The Morgan fingerprint density at radius 2 is 1.85 bits per heavy atom. The molecule has 1 aromatic heterocycles. The highest BCUT2D eigenvalue weighted by Crippen LogP contribution is 2.44. The van der Waals surface area contributed by atoms with E-state index in [1.54, 1.807) is 0 Å². The van der Waals surface area contributed by atoms with Gasteiger partial charge in [-0.05, 0) is 55.4 Å². The number of aromatic nitrogens is 1. The zero-order valence-electron chi connectivity index (χ0n) is 19.8. The van der Waals surface area contributed by atoms with E-state index in [9.17, 15) is 13.2 Å². The Kier molecular flexibility index (Phi) is 8.21. The predicted octanol–water partition coefficient (Wildman–Crippen LogP) is 7.38. The van der Waals surface area contributed by atoms with Gasteiger partial charge >= 0.3 is 0 Å². The van der Waals surface area contributed by atoms with E-state index < -0.39 is 25.9 Å². The van der Waals surface area contributed by atoms with E-state index in [1.165, 1.54) is 5.71 Å². The Hall–Kier alpha value is -2.87. The Morgan fingerprint density at radius 1 is 1.06 bits per heavy atom. The number of hydrogen-bond donors (Lipinski definition) is 0. The minimum atomic E-state index is -0.608. The summed E-state index contributed by atoms with van der Waals surface area (Å²) in [6, 6.07) is 9.83. The third kappa shape index (κ3) is 5.12. The SMILES string of the molecule is CCCC#CC1=C(c2ccc(CCCC(CF)CF)cn2)[N+](=C2CCC2)c2cc(CF)ccc21. The molecule has 4 rings (SSSR count). The molecule has 0 bridgehead atoms. The molecule has 0 amide bonds. The minimum Gasteiger partial charge on any atom is -0.251 e. The van der Waals surface area contributed by atoms with Crippen molar-refractivity contribution in [3.63, 3.8) is 0 Å². The maximum absolute atomic E-state index is 13.5. The smallest absolute Gasteiger partial charge is 0.251 e. The first-order valence-electron chi connectivity index (χ1n) is 12.3. The highest BCUT2D eigenvalue weighted by Gasteiger charge is 2.40. The fraction of sp³-hybridized carbons (Fsp3) is 0.448. The number of nitrogens with zero attached hydrogens (tertiary/aromatic N) is 2. The quantitative estimate of drug-likeness (QED) is 0.279. The fourth-order valence-electron chi connectivity index (χ4n) is 4.45. The summed E-state index contributed by atoms with van der Waals surface area (Å²) in [5.74, 6) is 6.20. The van der Waals surface area contributed by atoms with Crippen molar-refractivity contribution in [1.82, 2.24) is 4.98 Å². The largest absolute Gasteiger partial charge is 0.253 e. The van der Waals surface area contributed by atoms with Crippen LogP contribution in [0.3, 0.4) is 0 Å². The lowest BCUT2D eigenvalue weighted by atomic mass is 9.96. The maximum atomic E-state index is 13.5. The molecule has 1 saturated carbocycles. The van der Waals surface area contributed by atoms with Gasteiger partial charge < -0.3 is 0 Å². The molecule has 34 heavy (non-hydrogen) atoms. The van der Waals surface area contributed by atoms with E-state index in [0.717, 1.165) is 78.7 Å². The second-order valence-corrected chi connectivity index (χ2v) is 9.13. The molecule has 0 N–H and O–H groups in total. The summed E-state index contributed by atoms with van der Waals surface area (Å²) in [4.78, 5) is 4.79. The first-order valence-corrected chi connectivity index (χ1v) is 12.3. The summed E-state index contributed by atoms with van der Waals surface area (Å²) >= 11 is 0. The van der Waals surface area contributed by atoms with Crippen molar-refractivity contribution in [3.8, 4) is 11.8 Å². The van der Waals surface area contributed by atoms with Crippen molar-refractivity contribution in [2.75, 3.05) is 13.3 Å². The van der Waals surface area contributed by atoms with Gasteiger partial charge in [0, 0.05) is 37.4 Å². The summed E-state index contributed by atoms with van der Waals surface area (Å²) in [5, 5.41) is 0. The number of unbranched alkanes of at least 4 members (excludes halogenated alkanes) is 1. The van der Waals surface area contributed by atoms with Gasteiger partial charge in [-0.2, -0.15) is 4.58 Å². The number of rotatable bonds is 9. The van der Waals surface area contributed by atoms with Gasteiger partial charge in [0.1, 0.15) is 17.9 Å². The van der Waals surface area contributed by atoms with Crippen LogP contribution in [-0.2, 0) is 13.1 Å². The lowest BCUT2D eigenvalue weighted by molar-refractivity contribution is -0.334. The van der Waals surface area contributed by atoms with Crippen molar-refractivity contribution < 1.29 is 17.7 Å². The molecule has 2 aromatic rings. The molecule has 0 spiro atoms.